The first-order valence-corrected chi connectivity index (χ1v) is 8.60. The van der Waals surface area contributed by atoms with Gasteiger partial charge < -0.3 is 23.9 Å². The van der Waals surface area contributed by atoms with E-state index in [-0.39, 0.29) is 18.1 Å². The van der Waals surface area contributed by atoms with Crippen molar-refractivity contribution in [1.82, 2.24) is 10.1 Å². The van der Waals surface area contributed by atoms with Gasteiger partial charge in [-0.15, -0.1) is 0 Å². The van der Waals surface area contributed by atoms with Crippen molar-refractivity contribution in [2.45, 2.75) is 6.42 Å². The molecule has 0 aliphatic carbocycles. The van der Waals surface area contributed by atoms with Gasteiger partial charge in [-0.1, -0.05) is 28.9 Å². The van der Waals surface area contributed by atoms with Gasteiger partial charge in [0.1, 0.15) is 0 Å². The van der Waals surface area contributed by atoms with Crippen LogP contribution in [0.25, 0.3) is 23.0 Å². The van der Waals surface area contributed by atoms with Gasteiger partial charge in [-0.25, -0.2) is 0 Å². The Kier molecular flexibility index (Phi) is 5.96. The van der Waals surface area contributed by atoms with Crippen molar-refractivity contribution in [2.24, 2.45) is 0 Å². The maximum absolute atomic E-state index is 11.2. The molecule has 0 saturated heterocycles. The van der Waals surface area contributed by atoms with Crippen LogP contribution >= 0.6 is 11.6 Å². The monoisotopic (exact) mass is 399 g/mol. The number of benzene rings is 2. The van der Waals surface area contributed by atoms with Gasteiger partial charge in [0, 0.05) is 28.5 Å². The van der Waals surface area contributed by atoms with E-state index in [2.05, 4.69) is 10.1 Å². The molecular weight excluding hydrogens is 384 g/mol. The maximum atomic E-state index is 11.2. The lowest BCUT2D eigenvalue weighted by atomic mass is 10.1. The highest BCUT2D eigenvalue weighted by Crippen LogP contribution is 2.32. The number of rotatable bonds is 7. The van der Waals surface area contributed by atoms with Crippen molar-refractivity contribution < 1.29 is 23.9 Å². The summed E-state index contributed by atoms with van der Waals surface area (Å²) in [7, 11) is 3.06. The van der Waals surface area contributed by atoms with E-state index in [1.54, 1.807) is 48.5 Å². The first-order chi connectivity index (χ1) is 13.5. The third kappa shape index (κ3) is 4.50. The molecule has 0 unspecified atom stereocenters. The summed E-state index contributed by atoms with van der Waals surface area (Å²) in [6.45, 7) is 0. The second-order valence-corrected chi connectivity index (χ2v) is 6.20. The Morgan fingerprint density at radius 2 is 1.96 bits per heavy atom. The van der Waals surface area contributed by atoms with Crippen LogP contribution in [0.5, 0.6) is 11.5 Å². The van der Waals surface area contributed by atoms with Crippen molar-refractivity contribution >= 4 is 29.2 Å². The van der Waals surface area contributed by atoms with Gasteiger partial charge in [0.05, 0.1) is 14.2 Å². The lowest BCUT2D eigenvalue weighted by Gasteiger charge is -2.07. The first kappa shape index (κ1) is 19.4. The number of carboxylic acids is 1. The molecule has 144 valence electrons. The average Bonchev–Trinajstić information content (AvgIpc) is 3.17. The van der Waals surface area contributed by atoms with Crippen molar-refractivity contribution in [3.8, 4) is 22.9 Å². The van der Waals surface area contributed by atoms with Crippen LogP contribution in [0.15, 0.2) is 47.0 Å². The summed E-state index contributed by atoms with van der Waals surface area (Å²) in [5, 5.41) is 15.6. The van der Waals surface area contributed by atoms with Gasteiger partial charge in [-0.05, 0) is 42.0 Å². The molecule has 7 nitrogen and oxygen atoms in total. The molecule has 2 aromatic carbocycles. The van der Waals surface area contributed by atoms with Crippen molar-refractivity contribution in [3.05, 3.63) is 58.9 Å². The molecule has 0 aliphatic heterocycles. The minimum Gasteiger partial charge on any atom is -0.550 e. The number of carbonyl (C=O) groups excluding carboxylic acids is 1. The Hall–Kier alpha value is -3.32. The Morgan fingerprint density at radius 3 is 2.64 bits per heavy atom. The summed E-state index contributed by atoms with van der Waals surface area (Å²) >= 11 is 5.99. The van der Waals surface area contributed by atoms with Crippen LogP contribution in [0, 0.1) is 0 Å². The van der Waals surface area contributed by atoms with E-state index < -0.39 is 5.97 Å². The Bertz CT molecular complexity index is 1030. The van der Waals surface area contributed by atoms with E-state index in [0.29, 0.717) is 33.2 Å². The quantitative estimate of drug-likeness (QED) is 0.602. The number of carboxylic acid groups (broad SMARTS) is 1. The van der Waals surface area contributed by atoms with E-state index in [1.165, 1.54) is 14.2 Å². The van der Waals surface area contributed by atoms with Gasteiger partial charge in [0.15, 0.2) is 11.5 Å². The summed E-state index contributed by atoms with van der Waals surface area (Å²) in [6.07, 6.45) is 1.23. The molecule has 0 N–H and O–H groups in total. The molecular formula is C20H16ClN2O5-. The zero-order valence-corrected chi connectivity index (χ0v) is 15.9. The Morgan fingerprint density at radius 1 is 1.18 bits per heavy atom. The third-order valence-electron chi connectivity index (χ3n) is 3.87. The van der Waals surface area contributed by atoms with E-state index >= 15 is 0 Å². The fourth-order valence-corrected chi connectivity index (χ4v) is 2.79. The number of aromatic nitrogens is 2. The minimum absolute atomic E-state index is 0.0777. The number of aliphatic carboxylic acids is 1. The zero-order valence-electron chi connectivity index (χ0n) is 15.1. The highest BCUT2D eigenvalue weighted by atomic mass is 35.5. The summed E-state index contributed by atoms with van der Waals surface area (Å²) in [5.74, 6) is 0.170. The SMILES string of the molecule is COc1ccc(-c2noc(/C(=C/c3cccc(Cl)c3)CC(=O)[O-])n2)cc1OC. The van der Waals surface area contributed by atoms with Crippen LogP contribution in [0.4, 0.5) is 0 Å². The predicted octanol–water partition coefficient (Wildman–Crippen LogP) is 3.09. The smallest absolute Gasteiger partial charge is 0.254 e. The lowest BCUT2D eigenvalue weighted by molar-refractivity contribution is -0.304. The Labute approximate surface area is 166 Å². The molecule has 0 atom stereocenters. The topological polar surface area (TPSA) is 97.5 Å². The fourth-order valence-electron chi connectivity index (χ4n) is 2.59. The number of hydrogen-bond acceptors (Lipinski definition) is 7. The van der Waals surface area contributed by atoms with Crippen molar-refractivity contribution in [2.75, 3.05) is 14.2 Å². The molecule has 0 radical (unpaired) electrons. The summed E-state index contributed by atoms with van der Waals surface area (Å²) < 4.78 is 15.8. The van der Waals surface area contributed by atoms with Gasteiger partial charge in [0.25, 0.3) is 5.89 Å². The fraction of sp³-hybridized carbons (Fsp3) is 0.150. The molecule has 8 heteroatoms. The van der Waals surface area contributed by atoms with Crippen LogP contribution in [0.2, 0.25) is 5.02 Å². The second-order valence-electron chi connectivity index (χ2n) is 5.77. The van der Waals surface area contributed by atoms with Crippen LogP contribution < -0.4 is 14.6 Å². The number of methoxy groups -OCH3 is 2. The summed E-state index contributed by atoms with van der Waals surface area (Å²) in [5.41, 5.74) is 1.64. The molecule has 0 spiro atoms. The minimum atomic E-state index is -1.26. The van der Waals surface area contributed by atoms with Gasteiger partial charge in [-0.3, -0.25) is 0 Å². The molecule has 0 aliphatic rings. The van der Waals surface area contributed by atoms with E-state index in [0.717, 1.165) is 0 Å². The standard InChI is InChI=1S/C20H17ClN2O5/c1-26-16-7-6-13(10-17(16)27-2)19-22-20(28-23-19)14(11-18(24)25)8-12-4-3-5-15(21)9-12/h3-10H,11H2,1-2H3,(H,24,25)/p-1/b14-8+. The van der Waals surface area contributed by atoms with Crippen LogP contribution in [-0.4, -0.2) is 30.3 Å². The predicted molar refractivity (Wildman–Crippen MR) is 102 cm³/mol. The number of carbonyl (C=O) groups is 1. The van der Waals surface area contributed by atoms with Gasteiger partial charge >= 0.3 is 0 Å². The average molecular weight is 400 g/mol. The first-order valence-electron chi connectivity index (χ1n) is 8.22. The maximum Gasteiger partial charge on any atom is 0.254 e. The molecule has 3 aromatic rings. The molecule has 28 heavy (non-hydrogen) atoms. The molecule has 0 bridgehead atoms. The molecule has 3 rings (SSSR count). The molecule has 0 saturated carbocycles. The van der Waals surface area contributed by atoms with Crippen molar-refractivity contribution in [1.29, 1.82) is 0 Å². The number of ether oxygens (including phenoxy) is 2. The number of halogens is 1. The molecule has 1 heterocycles. The van der Waals surface area contributed by atoms with E-state index in [4.69, 9.17) is 25.6 Å². The second kappa shape index (κ2) is 8.58. The van der Waals surface area contributed by atoms with Gasteiger partial charge in [-0.2, -0.15) is 4.98 Å². The third-order valence-corrected chi connectivity index (χ3v) is 4.10. The zero-order chi connectivity index (χ0) is 20.1. The molecule has 1 aromatic heterocycles. The van der Waals surface area contributed by atoms with Crippen molar-refractivity contribution in [3.63, 3.8) is 0 Å². The molecule has 0 amide bonds. The van der Waals surface area contributed by atoms with Crippen LogP contribution in [-0.2, 0) is 4.79 Å². The normalized spacial score (nSPS) is 11.3. The van der Waals surface area contributed by atoms with Crippen LogP contribution in [0.3, 0.4) is 0 Å². The molecule has 0 fully saturated rings. The lowest BCUT2D eigenvalue weighted by Crippen LogP contribution is -2.22. The summed E-state index contributed by atoms with van der Waals surface area (Å²) in [6, 6.07) is 12.1. The number of nitrogens with zero attached hydrogens (tertiary/aromatic N) is 2. The van der Waals surface area contributed by atoms with Gasteiger partial charge in [0.2, 0.25) is 5.82 Å². The Balaban J connectivity index is 1.98. The summed E-state index contributed by atoms with van der Waals surface area (Å²) in [4.78, 5) is 15.5. The van der Waals surface area contributed by atoms with Crippen LogP contribution in [0.1, 0.15) is 17.9 Å². The largest absolute Gasteiger partial charge is 0.550 e. The van der Waals surface area contributed by atoms with E-state index in [9.17, 15) is 9.90 Å². The number of hydrogen-bond donors (Lipinski definition) is 0. The van der Waals surface area contributed by atoms with E-state index in [1.807, 2.05) is 0 Å². The highest BCUT2D eigenvalue weighted by Gasteiger charge is 2.15. The highest BCUT2D eigenvalue weighted by molar-refractivity contribution is 6.30.